The summed E-state index contributed by atoms with van der Waals surface area (Å²) in [5, 5.41) is 14.8. The summed E-state index contributed by atoms with van der Waals surface area (Å²) in [6.07, 6.45) is 24.4. The summed E-state index contributed by atoms with van der Waals surface area (Å²) in [6, 6.07) is 0. The van der Waals surface area contributed by atoms with E-state index in [1.54, 1.807) is 0 Å². The Bertz CT molecular complexity index is 725. The predicted molar refractivity (Wildman–Crippen MR) is 161 cm³/mol. The van der Waals surface area contributed by atoms with Crippen LogP contribution in [0.1, 0.15) is 105 Å². The van der Waals surface area contributed by atoms with Gasteiger partial charge in [0.15, 0.2) is 0 Å². The van der Waals surface area contributed by atoms with Gasteiger partial charge in [-0.15, -0.1) is 11.8 Å². The minimum absolute atomic E-state index is 0.307. The van der Waals surface area contributed by atoms with E-state index in [9.17, 15) is 5.11 Å². The van der Waals surface area contributed by atoms with Crippen LogP contribution in [0.25, 0.3) is 0 Å². The highest BCUT2D eigenvalue weighted by Crippen LogP contribution is 2.65. The molecule has 4 aliphatic heterocycles. The predicted octanol–water partition coefficient (Wildman–Crippen LogP) is 8.90. The van der Waals surface area contributed by atoms with Gasteiger partial charge < -0.3 is 5.11 Å². The molecular weight excluding hydrogens is 493 g/mol. The number of thioether (sulfide) groups is 4. The first-order valence-corrected chi connectivity index (χ1v) is 17.9. The molecule has 4 rings (SSSR count). The van der Waals surface area contributed by atoms with Crippen molar-refractivity contribution in [2.75, 3.05) is 5.75 Å². The van der Waals surface area contributed by atoms with Crippen molar-refractivity contribution in [2.45, 2.75) is 146 Å². The van der Waals surface area contributed by atoms with E-state index in [2.05, 4.69) is 99.0 Å². The fourth-order valence-corrected chi connectivity index (χ4v) is 15.0. The van der Waals surface area contributed by atoms with Crippen LogP contribution in [0.4, 0.5) is 0 Å². The van der Waals surface area contributed by atoms with E-state index in [0.717, 1.165) is 29.8 Å². The second-order valence-corrected chi connectivity index (χ2v) is 17.0. The van der Waals surface area contributed by atoms with E-state index in [4.69, 9.17) is 0 Å². The third-order valence-electron chi connectivity index (χ3n) is 8.99. The zero-order valence-electron chi connectivity index (χ0n) is 22.0. The first-order chi connectivity index (χ1) is 16.4. The summed E-state index contributed by atoms with van der Waals surface area (Å²) in [5.41, 5.74) is -0.661. The summed E-state index contributed by atoms with van der Waals surface area (Å²) in [4.78, 5) is 0. The lowest BCUT2D eigenvalue weighted by Gasteiger charge is -2.58. The van der Waals surface area contributed by atoms with Gasteiger partial charge in [-0.3, -0.25) is 0 Å². The second kappa shape index (κ2) is 12.1. The summed E-state index contributed by atoms with van der Waals surface area (Å²) in [7, 11) is 0. The Morgan fingerprint density at radius 3 is 2.47 bits per heavy atom. The van der Waals surface area contributed by atoms with Gasteiger partial charge in [0, 0.05) is 35.7 Å². The first-order valence-electron chi connectivity index (χ1n) is 14.1. The Hall–Kier alpha value is 0.840. The van der Waals surface area contributed by atoms with Crippen molar-refractivity contribution in [2.24, 2.45) is 0 Å². The molecule has 0 aromatic heterocycles. The van der Waals surface area contributed by atoms with Crippen molar-refractivity contribution in [3.05, 3.63) is 24.3 Å². The molecule has 1 nitrogen and oxygen atoms in total. The highest BCUT2D eigenvalue weighted by Gasteiger charge is 2.58. The molecule has 0 radical (unpaired) electrons. The van der Waals surface area contributed by atoms with E-state index >= 15 is 0 Å². The lowest BCUT2D eigenvalue weighted by Crippen LogP contribution is -2.58. The molecule has 8 atom stereocenters. The lowest BCUT2D eigenvalue weighted by atomic mass is 9.81. The fourth-order valence-electron chi connectivity index (χ4n) is 6.64. The largest absolute Gasteiger partial charge is 0.385 e. The molecule has 34 heavy (non-hydrogen) atoms. The highest BCUT2D eigenvalue weighted by atomic mass is 32.2. The zero-order valence-corrected chi connectivity index (χ0v) is 25.2. The SMILES string of the molecule is CCC/C=C\CCC1SC2CC3SC4CCCCSC4(CC)CC3(CC)SC2C=CC1(O)CC. The van der Waals surface area contributed by atoms with Gasteiger partial charge in [-0.25, -0.2) is 0 Å². The molecule has 0 aromatic rings. The molecule has 0 aromatic carbocycles. The lowest BCUT2D eigenvalue weighted by molar-refractivity contribution is 0.0821. The molecular formula is C29H48OS4. The zero-order chi connectivity index (χ0) is 24.2. The first kappa shape index (κ1) is 27.9. The average molecular weight is 541 g/mol. The van der Waals surface area contributed by atoms with Crippen LogP contribution in [0.3, 0.4) is 0 Å². The van der Waals surface area contributed by atoms with E-state index in [0.29, 0.717) is 25.2 Å². The molecule has 0 saturated carbocycles. The number of allylic oxidation sites excluding steroid dienone is 2. The van der Waals surface area contributed by atoms with Gasteiger partial charge in [0.2, 0.25) is 0 Å². The number of unbranched alkanes of at least 4 members (excludes halogenated alkanes) is 1. The molecule has 0 amide bonds. The molecule has 3 fully saturated rings. The van der Waals surface area contributed by atoms with Crippen molar-refractivity contribution >= 4 is 47.0 Å². The summed E-state index contributed by atoms with van der Waals surface area (Å²) in [5.74, 6) is 1.36. The van der Waals surface area contributed by atoms with Gasteiger partial charge in [-0.05, 0) is 70.0 Å². The number of fused-ring (bicyclic) bond motifs is 3. The summed E-state index contributed by atoms with van der Waals surface area (Å²) >= 11 is 9.20. The minimum atomic E-state index is -0.661. The van der Waals surface area contributed by atoms with Crippen molar-refractivity contribution in [1.29, 1.82) is 0 Å². The standard InChI is InChI=1S/C29H48OS4/c1-5-9-10-11-12-15-24-27(30,6-2)18-17-22-23(32-24)20-26-29(8-4,34-22)21-28(7-3)25(33-26)16-13-14-19-31-28/h10-11,17-18,22-26,30H,5-9,12-16,19-21H2,1-4H3/b11-10-. The van der Waals surface area contributed by atoms with Gasteiger partial charge in [-0.1, -0.05) is 64.8 Å². The third kappa shape index (κ3) is 5.64. The average Bonchev–Trinajstić information content (AvgIpc) is 3.13. The van der Waals surface area contributed by atoms with E-state index in [-0.39, 0.29) is 0 Å². The van der Waals surface area contributed by atoms with Crippen LogP contribution >= 0.6 is 47.0 Å². The Morgan fingerprint density at radius 2 is 1.74 bits per heavy atom. The molecule has 4 heterocycles. The highest BCUT2D eigenvalue weighted by molar-refractivity contribution is 8.08. The maximum Gasteiger partial charge on any atom is 0.0943 e. The van der Waals surface area contributed by atoms with Crippen molar-refractivity contribution in [3.8, 4) is 0 Å². The Kier molecular flexibility index (Phi) is 9.94. The monoisotopic (exact) mass is 540 g/mol. The molecule has 5 heteroatoms. The molecule has 194 valence electrons. The van der Waals surface area contributed by atoms with Crippen molar-refractivity contribution in [3.63, 3.8) is 0 Å². The number of hydrogen-bond donors (Lipinski definition) is 1. The molecule has 1 N–H and O–H groups in total. The van der Waals surface area contributed by atoms with E-state index < -0.39 is 5.60 Å². The van der Waals surface area contributed by atoms with Gasteiger partial charge >= 0.3 is 0 Å². The molecule has 8 unspecified atom stereocenters. The van der Waals surface area contributed by atoms with Gasteiger partial charge in [0.05, 0.1) is 5.60 Å². The Labute approximate surface area is 227 Å². The maximum atomic E-state index is 11.7. The number of hydrogen-bond acceptors (Lipinski definition) is 5. The molecule has 0 spiro atoms. The molecule has 3 saturated heterocycles. The van der Waals surface area contributed by atoms with Crippen LogP contribution in [-0.4, -0.2) is 52.2 Å². The fraction of sp³-hybridized carbons (Fsp3) is 0.862. The van der Waals surface area contributed by atoms with Crippen LogP contribution in [0.2, 0.25) is 0 Å². The van der Waals surface area contributed by atoms with Gasteiger partial charge in [0.1, 0.15) is 0 Å². The second-order valence-electron chi connectivity index (χ2n) is 11.0. The summed E-state index contributed by atoms with van der Waals surface area (Å²) in [6.45, 7) is 9.35. The topological polar surface area (TPSA) is 20.2 Å². The van der Waals surface area contributed by atoms with Crippen LogP contribution in [-0.2, 0) is 0 Å². The molecule has 4 aliphatic rings. The number of aliphatic hydroxyl groups is 1. The van der Waals surface area contributed by atoms with Crippen LogP contribution < -0.4 is 0 Å². The number of rotatable bonds is 8. The maximum absolute atomic E-state index is 11.7. The molecule has 0 bridgehead atoms. The van der Waals surface area contributed by atoms with Gasteiger partial charge in [-0.2, -0.15) is 35.3 Å². The van der Waals surface area contributed by atoms with E-state index in [1.807, 2.05) is 0 Å². The van der Waals surface area contributed by atoms with E-state index in [1.165, 1.54) is 63.5 Å². The third-order valence-corrected chi connectivity index (χ3v) is 17.0. The Balaban J connectivity index is 1.55. The minimum Gasteiger partial charge on any atom is -0.385 e. The van der Waals surface area contributed by atoms with Crippen LogP contribution in [0, 0.1) is 0 Å². The van der Waals surface area contributed by atoms with Crippen LogP contribution in [0.5, 0.6) is 0 Å². The molecule has 0 aliphatic carbocycles. The smallest absolute Gasteiger partial charge is 0.0943 e. The van der Waals surface area contributed by atoms with Crippen LogP contribution in [0.15, 0.2) is 24.3 Å². The van der Waals surface area contributed by atoms with Crippen molar-refractivity contribution in [1.82, 2.24) is 0 Å². The normalized spacial score (nSPS) is 44.7. The Morgan fingerprint density at radius 1 is 0.941 bits per heavy atom. The van der Waals surface area contributed by atoms with Crippen molar-refractivity contribution < 1.29 is 5.11 Å². The van der Waals surface area contributed by atoms with Gasteiger partial charge in [0.25, 0.3) is 0 Å². The summed E-state index contributed by atoms with van der Waals surface area (Å²) < 4.78 is 0.875. The quantitative estimate of drug-likeness (QED) is 0.309.